The second-order valence-electron chi connectivity index (χ2n) is 5.83. The van der Waals surface area contributed by atoms with Crippen LogP contribution in [0.15, 0.2) is 0 Å². The van der Waals surface area contributed by atoms with Crippen molar-refractivity contribution in [1.82, 2.24) is 9.80 Å². The van der Waals surface area contributed by atoms with Crippen LogP contribution in [-0.2, 0) is 0 Å². The van der Waals surface area contributed by atoms with Crippen LogP contribution < -0.4 is 0 Å². The minimum absolute atomic E-state index is 0.765. The van der Waals surface area contributed by atoms with E-state index in [-0.39, 0.29) is 0 Å². The molecule has 2 heteroatoms. The van der Waals surface area contributed by atoms with Gasteiger partial charge in [-0.25, -0.2) is 0 Å². The van der Waals surface area contributed by atoms with Crippen molar-refractivity contribution in [2.45, 2.75) is 71.0 Å². The van der Waals surface area contributed by atoms with E-state index in [1.165, 1.54) is 51.7 Å². The highest BCUT2D eigenvalue weighted by atomic mass is 15.3. The van der Waals surface area contributed by atoms with Crippen molar-refractivity contribution in [1.29, 1.82) is 0 Å². The minimum atomic E-state index is 0.765. The molecule has 3 unspecified atom stereocenters. The average Bonchev–Trinajstić information content (AvgIpc) is 2.71. The second kappa shape index (κ2) is 5.50. The van der Waals surface area contributed by atoms with Gasteiger partial charge in [0, 0.05) is 31.2 Å². The number of hydrogen-bond donors (Lipinski definition) is 0. The Hall–Kier alpha value is -0.0800. The van der Waals surface area contributed by atoms with Gasteiger partial charge in [0.2, 0.25) is 0 Å². The summed E-state index contributed by atoms with van der Waals surface area (Å²) < 4.78 is 0. The van der Waals surface area contributed by atoms with Crippen molar-refractivity contribution < 1.29 is 0 Å². The predicted molar refractivity (Wildman–Crippen MR) is 69.8 cm³/mol. The van der Waals surface area contributed by atoms with Crippen molar-refractivity contribution in [3.63, 3.8) is 0 Å². The summed E-state index contributed by atoms with van der Waals surface area (Å²) in [5.74, 6) is 0. The summed E-state index contributed by atoms with van der Waals surface area (Å²) in [7, 11) is 0. The molecule has 16 heavy (non-hydrogen) atoms. The fraction of sp³-hybridized carbons (Fsp3) is 1.00. The van der Waals surface area contributed by atoms with Crippen LogP contribution in [0, 0.1) is 0 Å². The smallest absolute Gasteiger partial charge is 0.0224 e. The molecule has 0 aromatic rings. The Balaban J connectivity index is 1.88. The lowest BCUT2D eigenvalue weighted by Gasteiger charge is -2.45. The SMILES string of the molecule is CCCCC(C)N1CC2CCCN2CC1C. The molecule has 0 aromatic carbocycles. The number of rotatable bonds is 4. The molecule has 0 bridgehead atoms. The van der Waals surface area contributed by atoms with Crippen LogP contribution in [-0.4, -0.2) is 47.6 Å². The van der Waals surface area contributed by atoms with Crippen LogP contribution in [0.5, 0.6) is 0 Å². The molecule has 0 aliphatic carbocycles. The van der Waals surface area contributed by atoms with Crippen molar-refractivity contribution in [2.75, 3.05) is 19.6 Å². The van der Waals surface area contributed by atoms with E-state index in [1.54, 1.807) is 0 Å². The first-order chi connectivity index (χ1) is 7.72. The average molecular weight is 224 g/mol. The summed E-state index contributed by atoms with van der Waals surface area (Å²) >= 11 is 0. The van der Waals surface area contributed by atoms with Gasteiger partial charge >= 0.3 is 0 Å². The standard InChI is InChI=1S/C14H28N2/c1-4-5-7-12(2)16-11-14-8-6-9-15(14)10-13(16)3/h12-14H,4-11H2,1-3H3. The highest BCUT2D eigenvalue weighted by Crippen LogP contribution is 2.26. The van der Waals surface area contributed by atoms with E-state index >= 15 is 0 Å². The molecule has 94 valence electrons. The van der Waals surface area contributed by atoms with Gasteiger partial charge in [0.1, 0.15) is 0 Å². The van der Waals surface area contributed by atoms with Crippen molar-refractivity contribution >= 4 is 0 Å². The molecule has 0 radical (unpaired) electrons. The van der Waals surface area contributed by atoms with Gasteiger partial charge in [0.25, 0.3) is 0 Å². The highest BCUT2D eigenvalue weighted by molar-refractivity contribution is 4.92. The van der Waals surface area contributed by atoms with Gasteiger partial charge in [-0.2, -0.15) is 0 Å². The maximum atomic E-state index is 2.77. The molecule has 3 atom stereocenters. The van der Waals surface area contributed by atoms with Gasteiger partial charge in [-0.05, 0) is 39.7 Å². The van der Waals surface area contributed by atoms with Crippen LogP contribution in [0.3, 0.4) is 0 Å². The molecule has 0 aromatic heterocycles. The van der Waals surface area contributed by atoms with E-state index in [4.69, 9.17) is 0 Å². The Kier molecular flexibility index (Phi) is 4.26. The molecule has 2 fully saturated rings. The summed E-state index contributed by atoms with van der Waals surface area (Å²) in [6.07, 6.45) is 6.97. The number of piperazine rings is 1. The number of fused-ring (bicyclic) bond motifs is 1. The molecule has 0 N–H and O–H groups in total. The quantitative estimate of drug-likeness (QED) is 0.724. The first kappa shape index (κ1) is 12.4. The Morgan fingerprint density at radius 2 is 2.12 bits per heavy atom. The third kappa shape index (κ3) is 2.60. The highest BCUT2D eigenvalue weighted by Gasteiger charge is 2.35. The number of hydrogen-bond acceptors (Lipinski definition) is 2. The zero-order chi connectivity index (χ0) is 11.5. The predicted octanol–water partition coefficient (Wildman–Crippen LogP) is 2.73. The molecule has 2 nitrogen and oxygen atoms in total. The Bertz CT molecular complexity index is 217. The lowest BCUT2D eigenvalue weighted by molar-refractivity contribution is 0.0300. The summed E-state index contributed by atoms with van der Waals surface area (Å²) in [5.41, 5.74) is 0. The van der Waals surface area contributed by atoms with Crippen molar-refractivity contribution in [2.24, 2.45) is 0 Å². The van der Waals surface area contributed by atoms with Gasteiger partial charge in [-0.15, -0.1) is 0 Å². The summed E-state index contributed by atoms with van der Waals surface area (Å²) in [6.45, 7) is 11.1. The molecule has 2 aliphatic heterocycles. The lowest BCUT2D eigenvalue weighted by Crippen LogP contribution is -2.57. The van der Waals surface area contributed by atoms with Gasteiger partial charge in [0.05, 0.1) is 0 Å². The zero-order valence-electron chi connectivity index (χ0n) is 11.3. The van der Waals surface area contributed by atoms with E-state index in [2.05, 4.69) is 30.6 Å². The Morgan fingerprint density at radius 3 is 2.88 bits per heavy atom. The molecule has 0 spiro atoms. The van der Waals surface area contributed by atoms with Gasteiger partial charge in [-0.3, -0.25) is 9.80 Å². The topological polar surface area (TPSA) is 6.48 Å². The second-order valence-corrected chi connectivity index (χ2v) is 5.83. The van der Waals surface area contributed by atoms with Crippen LogP contribution in [0.25, 0.3) is 0 Å². The van der Waals surface area contributed by atoms with Crippen LogP contribution in [0.1, 0.15) is 52.9 Å². The summed E-state index contributed by atoms with van der Waals surface area (Å²) in [4.78, 5) is 5.48. The van der Waals surface area contributed by atoms with Crippen LogP contribution in [0.4, 0.5) is 0 Å². The molecule has 2 heterocycles. The maximum absolute atomic E-state index is 2.77. The van der Waals surface area contributed by atoms with E-state index in [1.807, 2.05) is 0 Å². The van der Waals surface area contributed by atoms with E-state index in [9.17, 15) is 0 Å². The number of unbranched alkanes of at least 4 members (excludes halogenated alkanes) is 1. The molecule has 2 saturated heterocycles. The maximum Gasteiger partial charge on any atom is 0.0224 e. The van der Waals surface area contributed by atoms with Gasteiger partial charge in [0.15, 0.2) is 0 Å². The van der Waals surface area contributed by atoms with Crippen molar-refractivity contribution in [3.8, 4) is 0 Å². The Labute approximate surface area is 101 Å². The molecule has 0 saturated carbocycles. The first-order valence-corrected chi connectivity index (χ1v) is 7.22. The summed E-state index contributed by atoms with van der Waals surface area (Å²) in [6, 6.07) is 2.43. The third-order valence-electron chi connectivity index (χ3n) is 4.53. The van der Waals surface area contributed by atoms with Crippen LogP contribution >= 0.6 is 0 Å². The first-order valence-electron chi connectivity index (χ1n) is 7.22. The van der Waals surface area contributed by atoms with Crippen molar-refractivity contribution in [3.05, 3.63) is 0 Å². The molecule has 0 amide bonds. The fourth-order valence-electron chi connectivity index (χ4n) is 3.49. The molecule has 2 rings (SSSR count). The van der Waals surface area contributed by atoms with Gasteiger partial charge < -0.3 is 0 Å². The largest absolute Gasteiger partial charge is 0.298 e. The fourth-order valence-corrected chi connectivity index (χ4v) is 3.49. The van der Waals surface area contributed by atoms with E-state index in [0.717, 1.165) is 18.1 Å². The molecular weight excluding hydrogens is 196 g/mol. The zero-order valence-corrected chi connectivity index (χ0v) is 11.3. The van der Waals surface area contributed by atoms with E-state index in [0.29, 0.717) is 0 Å². The number of nitrogens with zero attached hydrogens (tertiary/aromatic N) is 2. The lowest BCUT2D eigenvalue weighted by atomic mass is 10.0. The third-order valence-corrected chi connectivity index (χ3v) is 4.53. The van der Waals surface area contributed by atoms with Gasteiger partial charge in [-0.1, -0.05) is 19.8 Å². The molecule has 2 aliphatic rings. The summed E-state index contributed by atoms with van der Waals surface area (Å²) in [5, 5.41) is 0. The normalized spacial score (nSPS) is 33.9. The van der Waals surface area contributed by atoms with Crippen LogP contribution in [0.2, 0.25) is 0 Å². The Morgan fingerprint density at radius 1 is 1.31 bits per heavy atom. The monoisotopic (exact) mass is 224 g/mol. The van der Waals surface area contributed by atoms with E-state index < -0.39 is 0 Å². The minimum Gasteiger partial charge on any atom is -0.298 e. The molecular formula is C14H28N2.